The van der Waals surface area contributed by atoms with Crippen LogP contribution in [0.1, 0.15) is 50.5 Å². The van der Waals surface area contributed by atoms with E-state index in [0.717, 1.165) is 24.8 Å². The summed E-state index contributed by atoms with van der Waals surface area (Å²) in [4.78, 5) is 11.3. The molecule has 0 radical (unpaired) electrons. The van der Waals surface area contributed by atoms with E-state index in [0.29, 0.717) is 5.92 Å². The zero-order valence-corrected chi connectivity index (χ0v) is 10.3. The molecule has 1 aromatic rings. The molecular weight excluding hydrogens is 216 g/mol. The van der Waals surface area contributed by atoms with Gasteiger partial charge in [0.2, 0.25) is 0 Å². The molecule has 1 aliphatic carbocycles. The van der Waals surface area contributed by atoms with Crippen LogP contribution in [0.25, 0.3) is 0 Å². The Labute approximate surface area is 102 Å². The molecule has 17 heavy (non-hydrogen) atoms. The first kappa shape index (κ1) is 12.2. The fourth-order valence-electron chi connectivity index (χ4n) is 3.08. The van der Waals surface area contributed by atoms with Gasteiger partial charge in [-0.05, 0) is 36.8 Å². The Bertz CT molecular complexity index is 356. The van der Waals surface area contributed by atoms with Crippen molar-refractivity contribution in [3.05, 3.63) is 24.2 Å². The number of carboxylic acid groups (broad SMARTS) is 1. The topological polar surface area (TPSA) is 50.4 Å². The normalized spacial score (nSPS) is 29.1. The summed E-state index contributed by atoms with van der Waals surface area (Å²) < 4.78 is 5.10. The van der Waals surface area contributed by atoms with Crippen LogP contribution in [0.15, 0.2) is 23.0 Å². The summed E-state index contributed by atoms with van der Waals surface area (Å²) in [6, 6.07) is 1.91. The molecule has 0 amide bonds. The Balaban J connectivity index is 2.13. The smallest absolute Gasteiger partial charge is 0.307 e. The summed E-state index contributed by atoms with van der Waals surface area (Å²) in [6.07, 6.45) is 8.58. The second-order valence-electron chi connectivity index (χ2n) is 5.08. The van der Waals surface area contributed by atoms with Gasteiger partial charge in [0.25, 0.3) is 0 Å². The lowest BCUT2D eigenvalue weighted by molar-refractivity contribution is -0.143. The van der Waals surface area contributed by atoms with Crippen molar-refractivity contribution in [1.29, 1.82) is 0 Å². The van der Waals surface area contributed by atoms with Gasteiger partial charge in [-0.3, -0.25) is 4.79 Å². The van der Waals surface area contributed by atoms with Crippen LogP contribution in [0.5, 0.6) is 0 Å². The van der Waals surface area contributed by atoms with E-state index in [1.807, 2.05) is 6.07 Å². The maximum Gasteiger partial charge on any atom is 0.307 e. The Hall–Kier alpha value is -1.25. The van der Waals surface area contributed by atoms with Gasteiger partial charge in [-0.2, -0.15) is 0 Å². The van der Waals surface area contributed by atoms with Crippen LogP contribution in [0.3, 0.4) is 0 Å². The molecule has 1 saturated carbocycles. The molecule has 1 fully saturated rings. The highest BCUT2D eigenvalue weighted by Crippen LogP contribution is 2.42. The Kier molecular flexibility index (Phi) is 3.87. The van der Waals surface area contributed by atoms with Crippen molar-refractivity contribution >= 4 is 5.97 Å². The SMILES string of the molecule is CCCC1CCC(C(=O)O)C(c2ccoc2)C1. The molecule has 0 spiro atoms. The number of aliphatic carboxylic acids is 1. The summed E-state index contributed by atoms with van der Waals surface area (Å²) in [5.41, 5.74) is 1.05. The van der Waals surface area contributed by atoms with Crippen molar-refractivity contribution in [2.45, 2.75) is 44.9 Å². The lowest BCUT2D eigenvalue weighted by atomic mass is 9.70. The first-order chi connectivity index (χ1) is 8.22. The van der Waals surface area contributed by atoms with E-state index in [1.165, 1.54) is 12.8 Å². The van der Waals surface area contributed by atoms with Crippen LogP contribution < -0.4 is 0 Å². The van der Waals surface area contributed by atoms with E-state index in [-0.39, 0.29) is 11.8 Å². The third-order valence-corrected chi connectivity index (χ3v) is 3.94. The van der Waals surface area contributed by atoms with Gasteiger partial charge in [-0.15, -0.1) is 0 Å². The van der Waals surface area contributed by atoms with E-state index in [9.17, 15) is 9.90 Å². The van der Waals surface area contributed by atoms with Crippen molar-refractivity contribution in [1.82, 2.24) is 0 Å². The molecule has 94 valence electrons. The van der Waals surface area contributed by atoms with Gasteiger partial charge in [0.1, 0.15) is 0 Å². The van der Waals surface area contributed by atoms with Gasteiger partial charge in [-0.1, -0.05) is 19.8 Å². The average molecular weight is 236 g/mol. The molecule has 1 aromatic heterocycles. The van der Waals surface area contributed by atoms with Crippen molar-refractivity contribution in [2.24, 2.45) is 11.8 Å². The maximum atomic E-state index is 11.3. The molecule has 0 saturated heterocycles. The fourth-order valence-corrected chi connectivity index (χ4v) is 3.08. The summed E-state index contributed by atoms with van der Waals surface area (Å²) in [5.74, 6) is -0.0843. The molecule has 3 atom stereocenters. The van der Waals surface area contributed by atoms with Gasteiger partial charge < -0.3 is 9.52 Å². The molecule has 2 rings (SSSR count). The van der Waals surface area contributed by atoms with Gasteiger partial charge in [0.05, 0.1) is 18.4 Å². The minimum absolute atomic E-state index is 0.136. The first-order valence-electron chi connectivity index (χ1n) is 6.47. The summed E-state index contributed by atoms with van der Waals surface area (Å²) >= 11 is 0. The van der Waals surface area contributed by atoms with E-state index in [4.69, 9.17) is 4.42 Å². The molecule has 1 N–H and O–H groups in total. The second kappa shape index (κ2) is 5.39. The van der Waals surface area contributed by atoms with Gasteiger partial charge >= 0.3 is 5.97 Å². The summed E-state index contributed by atoms with van der Waals surface area (Å²) in [7, 11) is 0. The average Bonchev–Trinajstić information content (AvgIpc) is 2.82. The second-order valence-corrected chi connectivity index (χ2v) is 5.08. The number of rotatable bonds is 4. The van der Waals surface area contributed by atoms with Gasteiger partial charge in [0, 0.05) is 5.92 Å². The number of furan rings is 1. The molecule has 1 heterocycles. The number of hydrogen-bond donors (Lipinski definition) is 1. The minimum Gasteiger partial charge on any atom is -0.481 e. The van der Waals surface area contributed by atoms with Crippen LogP contribution in [-0.2, 0) is 4.79 Å². The molecule has 1 aliphatic rings. The predicted molar refractivity (Wildman–Crippen MR) is 64.8 cm³/mol. The van der Waals surface area contributed by atoms with Gasteiger partial charge in [0.15, 0.2) is 0 Å². The Morgan fingerprint density at radius 3 is 2.94 bits per heavy atom. The zero-order chi connectivity index (χ0) is 12.3. The quantitative estimate of drug-likeness (QED) is 0.867. The molecule has 3 heteroatoms. The largest absolute Gasteiger partial charge is 0.481 e. The van der Waals surface area contributed by atoms with Gasteiger partial charge in [-0.25, -0.2) is 0 Å². The molecule has 3 unspecified atom stereocenters. The fraction of sp³-hybridized carbons (Fsp3) is 0.643. The van der Waals surface area contributed by atoms with Crippen LogP contribution in [0.2, 0.25) is 0 Å². The molecule has 3 nitrogen and oxygen atoms in total. The number of carbonyl (C=O) groups is 1. The Morgan fingerprint density at radius 1 is 1.53 bits per heavy atom. The zero-order valence-electron chi connectivity index (χ0n) is 10.3. The van der Waals surface area contributed by atoms with Crippen molar-refractivity contribution in [3.63, 3.8) is 0 Å². The monoisotopic (exact) mass is 236 g/mol. The van der Waals surface area contributed by atoms with E-state index in [1.54, 1.807) is 12.5 Å². The van der Waals surface area contributed by atoms with Crippen molar-refractivity contribution in [3.8, 4) is 0 Å². The van der Waals surface area contributed by atoms with Crippen molar-refractivity contribution < 1.29 is 14.3 Å². The van der Waals surface area contributed by atoms with Crippen LogP contribution in [0, 0.1) is 11.8 Å². The maximum absolute atomic E-state index is 11.3. The van der Waals surface area contributed by atoms with Crippen LogP contribution in [0.4, 0.5) is 0 Å². The van der Waals surface area contributed by atoms with E-state index in [2.05, 4.69) is 6.92 Å². The summed E-state index contributed by atoms with van der Waals surface area (Å²) in [5, 5.41) is 9.29. The third-order valence-electron chi connectivity index (χ3n) is 3.94. The Morgan fingerprint density at radius 2 is 2.35 bits per heavy atom. The lowest BCUT2D eigenvalue weighted by Gasteiger charge is -2.33. The standard InChI is InChI=1S/C14H20O3/c1-2-3-10-4-5-12(14(15)16)13(8-10)11-6-7-17-9-11/h6-7,9-10,12-13H,2-5,8H2,1H3,(H,15,16). The first-order valence-corrected chi connectivity index (χ1v) is 6.47. The third kappa shape index (κ3) is 2.71. The van der Waals surface area contributed by atoms with Crippen molar-refractivity contribution in [2.75, 3.05) is 0 Å². The molecule has 0 bridgehead atoms. The highest BCUT2D eigenvalue weighted by molar-refractivity contribution is 5.71. The number of carboxylic acids is 1. The van der Waals surface area contributed by atoms with E-state index < -0.39 is 5.97 Å². The highest BCUT2D eigenvalue weighted by atomic mass is 16.4. The number of hydrogen-bond acceptors (Lipinski definition) is 2. The van der Waals surface area contributed by atoms with Crippen LogP contribution in [-0.4, -0.2) is 11.1 Å². The molecule has 0 aromatic carbocycles. The minimum atomic E-state index is -0.661. The van der Waals surface area contributed by atoms with E-state index >= 15 is 0 Å². The predicted octanol–water partition coefficient (Wildman–Crippen LogP) is 3.66. The molecule has 0 aliphatic heterocycles. The highest BCUT2D eigenvalue weighted by Gasteiger charge is 2.35. The molecular formula is C14H20O3. The summed E-state index contributed by atoms with van der Waals surface area (Å²) in [6.45, 7) is 2.19. The van der Waals surface area contributed by atoms with Crippen LogP contribution >= 0.6 is 0 Å². The lowest BCUT2D eigenvalue weighted by Crippen LogP contribution is -2.29.